The average Bonchev–Trinajstić information content (AvgIpc) is 2.31. The molecule has 4 N–H and O–H groups in total. The Morgan fingerprint density at radius 3 is 2.53 bits per heavy atom. The molecule has 0 fully saturated rings. The zero-order valence-electron chi connectivity index (χ0n) is 9.81. The normalized spacial score (nSPS) is 10.4. The second-order valence-electron chi connectivity index (χ2n) is 4.07. The Morgan fingerprint density at radius 1 is 1.00 bits per heavy atom. The van der Waals surface area contributed by atoms with Gasteiger partial charge in [-0.05, 0) is 30.7 Å². The van der Waals surface area contributed by atoms with Gasteiger partial charge >= 0.3 is 0 Å². The molecule has 2 aromatic carbocycles. The number of hydrogen-bond donors (Lipinski definition) is 2. The number of thioether (sulfide) groups is 1. The molecule has 2 aromatic rings. The van der Waals surface area contributed by atoms with Gasteiger partial charge in [0.1, 0.15) is 0 Å². The van der Waals surface area contributed by atoms with Crippen molar-refractivity contribution in [2.75, 3.05) is 11.5 Å². The predicted octanol–water partition coefficient (Wildman–Crippen LogP) is 3.45. The Bertz CT molecular complexity index is 523. The van der Waals surface area contributed by atoms with E-state index in [1.54, 1.807) is 11.8 Å². The number of aryl methyl sites for hydroxylation is 1. The monoisotopic (exact) mass is 244 g/mol. The minimum absolute atomic E-state index is 0.643. The molecule has 0 atom stereocenters. The van der Waals surface area contributed by atoms with Gasteiger partial charge in [-0.3, -0.25) is 0 Å². The fraction of sp³-hybridized carbons (Fsp3) is 0.143. The van der Waals surface area contributed by atoms with Crippen LogP contribution in [0.5, 0.6) is 0 Å². The predicted molar refractivity (Wildman–Crippen MR) is 76.0 cm³/mol. The van der Waals surface area contributed by atoms with Crippen LogP contribution in [0.1, 0.15) is 11.1 Å². The molecule has 2 nitrogen and oxygen atoms in total. The van der Waals surface area contributed by atoms with E-state index in [1.165, 1.54) is 11.1 Å². The molecular weight excluding hydrogens is 228 g/mol. The largest absolute Gasteiger partial charge is 0.397 e. The smallest absolute Gasteiger partial charge is 0.0559 e. The summed E-state index contributed by atoms with van der Waals surface area (Å²) in [5.74, 6) is 0.949. The zero-order valence-corrected chi connectivity index (χ0v) is 10.6. The Hall–Kier alpha value is -1.61. The van der Waals surface area contributed by atoms with Gasteiger partial charge in [-0.2, -0.15) is 0 Å². The topological polar surface area (TPSA) is 52.0 Å². The van der Waals surface area contributed by atoms with Crippen LogP contribution >= 0.6 is 11.8 Å². The van der Waals surface area contributed by atoms with E-state index in [0.29, 0.717) is 11.4 Å². The summed E-state index contributed by atoms with van der Waals surface area (Å²) in [5, 5.41) is 0. The summed E-state index contributed by atoms with van der Waals surface area (Å²) in [7, 11) is 0. The van der Waals surface area contributed by atoms with Crippen LogP contribution in [-0.2, 0) is 5.75 Å². The number of nitrogen functional groups attached to an aromatic ring is 2. The van der Waals surface area contributed by atoms with Crippen LogP contribution in [0.4, 0.5) is 11.4 Å². The van der Waals surface area contributed by atoms with Crippen LogP contribution in [0.3, 0.4) is 0 Å². The first-order valence-corrected chi connectivity index (χ1v) is 6.47. The summed E-state index contributed by atoms with van der Waals surface area (Å²) in [6.07, 6.45) is 0. The SMILES string of the molecule is Cc1cccc(CSc2ccc(N)c(N)c2)c1. The second-order valence-corrected chi connectivity index (χ2v) is 5.12. The molecule has 0 saturated heterocycles. The molecule has 17 heavy (non-hydrogen) atoms. The number of nitrogens with two attached hydrogens (primary N) is 2. The van der Waals surface area contributed by atoms with Crippen molar-refractivity contribution in [1.82, 2.24) is 0 Å². The van der Waals surface area contributed by atoms with Crippen LogP contribution in [0.15, 0.2) is 47.4 Å². The van der Waals surface area contributed by atoms with Crippen LogP contribution < -0.4 is 11.5 Å². The van der Waals surface area contributed by atoms with Crippen molar-refractivity contribution in [2.24, 2.45) is 0 Å². The molecule has 0 aliphatic rings. The van der Waals surface area contributed by atoms with Crippen molar-refractivity contribution in [1.29, 1.82) is 0 Å². The Kier molecular flexibility index (Phi) is 3.59. The van der Waals surface area contributed by atoms with Crippen molar-refractivity contribution in [3.63, 3.8) is 0 Å². The van der Waals surface area contributed by atoms with E-state index in [4.69, 9.17) is 11.5 Å². The van der Waals surface area contributed by atoms with Gasteiger partial charge in [0.15, 0.2) is 0 Å². The van der Waals surface area contributed by atoms with E-state index in [-0.39, 0.29) is 0 Å². The van der Waals surface area contributed by atoms with Gasteiger partial charge in [-0.25, -0.2) is 0 Å². The van der Waals surface area contributed by atoms with Crippen LogP contribution in [0.25, 0.3) is 0 Å². The summed E-state index contributed by atoms with van der Waals surface area (Å²) in [6, 6.07) is 14.3. The molecule has 0 aromatic heterocycles. The molecule has 0 bridgehead atoms. The molecule has 0 aliphatic carbocycles. The quantitative estimate of drug-likeness (QED) is 0.642. The summed E-state index contributed by atoms with van der Waals surface area (Å²) >= 11 is 1.77. The Labute approximate surface area is 106 Å². The maximum absolute atomic E-state index is 5.78. The van der Waals surface area contributed by atoms with E-state index < -0.39 is 0 Å². The lowest BCUT2D eigenvalue weighted by Gasteiger charge is -2.05. The van der Waals surface area contributed by atoms with Gasteiger partial charge in [0, 0.05) is 10.6 Å². The fourth-order valence-electron chi connectivity index (χ4n) is 1.61. The summed E-state index contributed by atoms with van der Waals surface area (Å²) in [4.78, 5) is 1.15. The molecule has 2 rings (SSSR count). The zero-order chi connectivity index (χ0) is 12.3. The molecule has 3 heteroatoms. The summed E-state index contributed by atoms with van der Waals surface area (Å²) < 4.78 is 0. The van der Waals surface area contributed by atoms with E-state index in [9.17, 15) is 0 Å². The Morgan fingerprint density at radius 2 is 1.82 bits per heavy atom. The highest BCUT2D eigenvalue weighted by Gasteiger charge is 1.99. The molecule has 0 heterocycles. The number of rotatable bonds is 3. The molecule has 88 valence electrons. The molecule has 0 amide bonds. The third-order valence-corrected chi connectivity index (χ3v) is 3.61. The third-order valence-electron chi connectivity index (χ3n) is 2.55. The molecule has 0 aliphatic heterocycles. The highest BCUT2D eigenvalue weighted by molar-refractivity contribution is 7.98. The van der Waals surface area contributed by atoms with E-state index >= 15 is 0 Å². The minimum Gasteiger partial charge on any atom is -0.397 e. The van der Waals surface area contributed by atoms with Gasteiger partial charge < -0.3 is 11.5 Å². The average molecular weight is 244 g/mol. The molecule has 0 spiro atoms. The van der Waals surface area contributed by atoms with Gasteiger partial charge in [0.25, 0.3) is 0 Å². The third kappa shape index (κ3) is 3.17. The van der Waals surface area contributed by atoms with Crippen molar-refractivity contribution >= 4 is 23.1 Å². The lowest BCUT2D eigenvalue weighted by Crippen LogP contribution is -1.93. The molecule has 0 saturated carbocycles. The highest BCUT2D eigenvalue weighted by atomic mass is 32.2. The lowest BCUT2D eigenvalue weighted by atomic mass is 10.2. The summed E-state index contributed by atoms with van der Waals surface area (Å²) in [5.41, 5.74) is 15.4. The van der Waals surface area contributed by atoms with E-state index in [2.05, 4.69) is 31.2 Å². The lowest BCUT2D eigenvalue weighted by molar-refractivity contribution is 1.34. The van der Waals surface area contributed by atoms with E-state index in [1.807, 2.05) is 18.2 Å². The Balaban J connectivity index is 2.05. The second kappa shape index (κ2) is 5.15. The van der Waals surface area contributed by atoms with Crippen LogP contribution in [0.2, 0.25) is 0 Å². The molecular formula is C14H16N2S. The van der Waals surface area contributed by atoms with Crippen molar-refractivity contribution in [3.8, 4) is 0 Å². The highest BCUT2D eigenvalue weighted by Crippen LogP contribution is 2.27. The van der Waals surface area contributed by atoms with Crippen molar-refractivity contribution in [2.45, 2.75) is 17.6 Å². The number of hydrogen-bond acceptors (Lipinski definition) is 3. The van der Waals surface area contributed by atoms with Crippen molar-refractivity contribution < 1.29 is 0 Å². The number of benzene rings is 2. The molecule has 0 unspecified atom stereocenters. The first kappa shape index (κ1) is 11.9. The van der Waals surface area contributed by atoms with Gasteiger partial charge in [0.05, 0.1) is 11.4 Å². The maximum Gasteiger partial charge on any atom is 0.0559 e. The van der Waals surface area contributed by atoms with Gasteiger partial charge in [0.2, 0.25) is 0 Å². The first-order chi connectivity index (χ1) is 8.15. The minimum atomic E-state index is 0.643. The maximum atomic E-state index is 5.78. The van der Waals surface area contributed by atoms with Crippen molar-refractivity contribution in [3.05, 3.63) is 53.6 Å². The fourth-order valence-corrected chi connectivity index (χ4v) is 2.50. The van der Waals surface area contributed by atoms with E-state index in [0.717, 1.165) is 10.6 Å². The number of anilines is 2. The first-order valence-electron chi connectivity index (χ1n) is 5.48. The molecule has 0 radical (unpaired) electrons. The van der Waals surface area contributed by atoms with Crippen LogP contribution in [0, 0.1) is 6.92 Å². The van der Waals surface area contributed by atoms with Gasteiger partial charge in [-0.15, -0.1) is 11.8 Å². The van der Waals surface area contributed by atoms with Crippen LogP contribution in [-0.4, -0.2) is 0 Å². The standard InChI is InChI=1S/C14H16N2S/c1-10-3-2-4-11(7-10)9-17-12-5-6-13(15)14(16)8-12/h2-8H,9,15-16H2,1H3. The van der Waals surface area contributed by atoms with Gasteiger partial charge in [-0.1, -0.05) is 29.8 Å². The summed E-state index contributed by atoms with van der Waals surface area (Å²) in [6.45, 7) is 2.11.